The predicted molar refractivity (Wildman–Crippen MR) is 136 cm³/mol. The molecule has 3 amide bonds. The van der Waals surface area contributed by atoms with Crippen molar-refractivity contribution in [2.75, 3.05) is 13.1 Å². The highest BCUT2D eigenvalue weighted by molar-refractivity contribution is 6.05. The molecule has 1 unspecified atom stereocenters. The van der Waals surface area contributed by atoms with E-state index >= 15 is 0 Å². The SMILES string of the molecule is O=C1CCC(N2Cc3nc([C@@]4(O)CCN(Cc5ccc(C(F)(F)F)cc5)CC45CCCC5)ccc3C2=O)C(=O)N1. The molecule has 40 heavy (non-hydrogen) atoms. The summed E-state index contributed by atoms with van der Waals surface area (Å²) in [6, 6.07) is 7.90. The Morgan fingerprint density at radius 3 is 2.42 bits per heavy atom. The van der Waals surface area contributed by atoms with Crippen LogP contribution in [-0.2, 0) is 34.5 Å². The lowest BCUT2D eigenvalue weighted by atomic mass is 9.64. The number of aliphatic hydroxyl groups is 1. The highest BCUT2D eigenvalue weighted by Crippen LogP contribution is 2.55. The molecular weight excluding hydrogens is 525 g/mol. The van der Waals surface area contributed by atoms with Crippen LogP contribution in [0.15, 0.2) is 36.4 Å². The summed E-state index contributed by atoms with van der Waals surface area (Å²) in [6.45, 7) is 1.75. The van der Waals surface area contributed by atoms with E-state index in [1.807, 2.05) is 0 Å². The van der Waals surface area contributed by atoms with Crippen molar-refractivity contribution >= 4 is 17.7 Å². The largest absolute Gasteiger partial charge is 0.416 e. The van der Waals surface area contributed by atoms with Crippen LogP contribution in [0.25, 0.3) is 0 Å². The Bertz CT molecular complexity index is 1360. The summed E-state index contributed by atoms with van der Waals surface area (Å²) in [4.78, 5) is 45.6. The van der Waals surface area contributed by atoms with Gasteiger partial charge < -0.3 is 10.0 Å². The molecule has 1 aromatic heterocycles. The average molecular weight is 557 g/mol. The van der Waals surface area contributed by atoms with Crippen molar-refractivity contribution < 1.29 is 32.7 Å². The number of pyridine rings is 1. The fourth-order valence-corrected chi connectivity index (χ4v) is 7.10. The third kappa shape index (κ3) is 4.49. The number of imide groups is 1. The molecule has 2 atom stereocenters. The first-order valence-corrected chi connectivity index (χ1v) is 13.8. The quantitative estimate of drug-likeness (QED) is 0.559. The molecule has 0 bridgehead atoms. The minimum atomic E-state index is -4.37. The minimum absolute atomic E-state index is 0.136. The molecule has 3 aliphatic heterocycles. The first-order chi connectivity index (χ1) is 19.0. The fourth-order valence-electron chi connectivity index (χ4n) is 7.10. The lowest BCUT2D eigenvalue weighted by molar-refractivity contribution is -0.144. The van der Waals surface area contributed by atoms with Crippen molar-refractivity contribution in [3.8, 4) is 0 Å². The van der Waals surface area contributed by atoms with Crippen LogP contribution < -0.4 is 5.32 Å². The number of likely N-dealkylation sites (tertiary alicyclic amines) is 1. The molecule has 1 spiro atoms. The number of rotatable bonds is 4. The average Bonchev–Trinajstić information content (AvgIpc) is 3.51. The van der Waals surface area contributed by atoms with E-state index in [2.05, 4.69) is 10.2 Å². The second-order valence-electron chi connectivity index (χ2n) is 11.6. The van der Waals surface area contributed by atoms with Crippen LogP contribution in [0.4, 0.5) is 13.2 Å². The highest BCUT2D eigenvalue weighted by Gasteiger charge is 2.56. The Hall–Kier alpha value is -3.31. The number of nitrogens with one attached hydrogen (secondary N) is 1. The maximum Gasteiger partial charge on any atom is 0.416 e. The second-order valence-corrected chi connectivity index (χ2v) is 11.6. The molecule has 8 nitrogen and oxygen atoms in total. The van der Waals surface area contributed by atoms with Gasteiger partial charge in [-0.1, -0.05) is 25.0 Å². The number of carbonyl (C=O) groups excluding carboxylic acids is 3. The van der Waals surface area contributed by atoms with Gasteiger partial charge >= 0.3 is 6.18 Å². The zero-order valence-corrected chi connectivity index (χ0v) is 22.0. The molecule has 1 aromatic carbocycles. The van der Waals surface area contributed by atoms with Gasteiger partial charge in [0, 0.05) is 31.5 Å². The van der Waals surface area contributed by atoms with Gasteiger partial charge in [-0.25, -0.2) is 0 Å². The van der Waals surface area contributed by atoms with Gasteiger partial charge in [-0.05, 0) is 55.5 Å². The Morgan fingerprint density at radius 2 is 1.75 bits per heavy atom. The molecule has 4 aliphatic rings. The van der Waals surface area contributed by atoms with E-state index < -0.39 is 34.7 Å². The van der Waals surface area contributed by atoms with Crippen LogP contribution in [0.2, 0.25) is 0 Å². The molecule has 3 fully saturated rings. The summed E-state index contributed by atoms with van der Waals surface area (Å²) >= 11 is 0. The molecule has 11 heteroatoms. The molecular formula is C29H31F3N4O4. The molecule has 2 aromatic rings. The van der Waals surface area contributed by atoms with Crippen molar-refractivity contribution in [3.63, 3.8) is 0 Å². The number of alkyl halides is 3. The predicted octanol–water partition coefficient (Wildman–Crippen LogP) is 3.52. The zero-order chi connectivity index (χ0) is 28.3. The number of carbonyl (C=O) groups is 3. The Balaban J connectivity index is 1.22. The van der Waals surface area contributed by atoms with Crippen molar-refractivity contribution in [1.82, 2.24) is 20.1 Å². The van der Waals surface area contributed by atoms with Crippen molar-refractivity contribution in [3.05, 3.63) is 64.5 Å². The number of hydrogen-bond donors (Lipinski definition) is 2. The van der Waals surface area contributed by atoms with Crippen LogP contribution in [-0.4, -0.2) is 56.7 Å². The van der Waals surface area contributed by atoms with Crippen LogP contribution >= 0.6 is 0 Å². The second kappa shape index (κ2) is 9.66. The molecule has 1 aliphatic carbocycles. The first kappa shape index (κ1) is 26.9. The van der Waals surface area contributed by atoms with E-state index in [1.54, 1.807) is 12.1 Å². The van der Waals surface area contributed by atoms with Gasteiger partial charge in [0.25, 0.3) is 5.91 Å². The van der Waals surface area contributed by atoms with E-state index in [9.17, 15) is 32.7 Å². The number of nitrogens with zero attached hydrogens (tertiary/aromatic N) is 3. The van der Waals surface area contributed by atoms with Crippen LogP contribution in [0.3, 0.4) is 0 Å². The molecule has 1 saturated carbocycles. The third-order valence-electron chi connectivity index (χ3n) is 9.24. The van der Waals surface area contributed by atoms with Gasteiger partial charge in [-0.3, -0.25) is 29.6 Å². The number of aromatic nitrogens is 1. The maximum absolute atomic E-state index is 13.1. The lowest BCUT2D eigenvalue weighted by Crippen LogP contribution is -2.57. The van der Waals surface area contributed by atoms with Crippen molar-refractivity contribution in [2.24, 2.45) is 5.41 Å². The first-order valence-electron chi connectivity index (χ1n) is 13.8. The van der Waals surface area contributed by atoms with Gasteiger partial charge in [-0.2, -0.15) is 13.2 Å². The Kier molecular flexibility index (Phi) is 6.49. The summed E-state index contributed by atoms with van der Waals surface area (Å²) < 4.78 is 38.9. The maximum atomic E-state index is 13.1. The van der Waals surface area contributed by atoms with Gasteiger partial charge in [0.05, 0.1) is 29.1 Å². The highest BCUT2D eigenvalue weighted by atomic mass is 19.4. The van der Waals surface area contributed by atoms with E-state index in [-0.39, 0.29) is 31.2 Å². The number of benzene rings is 1. The molecule has 212 valence electrons. The monoisotopic (exact) mass is 556 g/mol. The number of fused-ring (bicyclic) bond motifs is 1. The number of halogens is 3. The van der Waals surface area contributed by atoms with E-state index in [1.165, 1.54) is 17.0 Å². The van der Waals surface area contributed by atoms with Gasteiger partial charge in [-0.15, -0.1) is 0 Å². The zero-order valence-electron chi connectivity index (χ0n) is 22.0. The Labute approximate surface area is 229 Å². The molecule has 2 saturated heterocycles. The van der Waals surface area contributed by atoms with Crippen LogP contribution in [0.5, 0.6) is 0 Å². The molecule has 0 radical (unpaired) electrons. The van der Waals surface area contributed by atoms with Crippen molar-refractivity contribution in [2.45, 2.75) is 75.9 Å². The lowest BCUT2D eigenvalue weighted by Gasteiger charge is -2.52. The number of amides is 3. The third-order valence-corrected chi connectivity index (χ3v) is 9.24. The molecule has 2 N–H and O–H groups in total. The molecule has 4 heterocycles. The molecule has 6 rings (SSSR count). The van der Waals surface area contributed by atoms with Crippen molar-refractivity contribution in [1.29, 1.82) is 0 Å². The van der Waals surface area contributed by atoms with E-state index in [4.69, 9.17) is 4.98 Å². The van der Waals surface area contributed by atoms with Gasteiger partial charge in [0.2, 0.25) is 11.8 Å². The summed E-state index contributed by atoms with van der Waals surface area (Å²) in [7, 11) is 0. The minimum Gasteiger partial charge on any atom is -0.383 e. The topological polar surface area (TPSA) is 103 Å². The van der Waals surface area contributed by atoms with E-state index in [0.29, 0.717) is 43.0 Å². The summed E-state index contributed by atoms with van der Waals surface area (Å²) in [5, 5.41) is 14.6. The van der Waals surface area contributed by atoms with E-state index in [0.717, 1.165) is 43.4 Å². The van der Waals surface area contributed by atoms with Gasteiger partial charge in [0.15, 0.2) is 0 Å². The van der Waals surface area contributed by atoms with Crippen LogP contribution in [0, 0.1) is 5.41 Å². The fraction of sp³-hybridized carbons (Fsp3) is 0.517. The Morgan fingerprint density at radius 1 is 1.02 bits per heavy atom. The van der Waals surface area contributed by atoms with Crippen LogP contribution in [0.1, 0.15) is 77.8 Å². The van der Waals surface area contributed by atoms with Gasteiger partial charge in [0.1, 0.15) is 11.6 Å². The standard InChI is InChI=1S/C29H31F3N4O4/c30-29(31,32)19-5-3-18(4-6-19)15-35-14-13-28(40,27(17-35)11-1-2-12-27)23-9-7-20-21(33-23)16-36(26(20)39)22-8-10-24(37)34-25(22)38/h3-7,9,22,40H,1-2,8,10-17H2,(H,34,37,38)/t22?,28-/m0/s1. The summed E-state index contributed by atoms with van der Waals surface area (Å²) in [6.07, 6.45) is -0.0172. The number of hydrogen-bond acceptors (Lipinski definition) is 6. The summed E-state index contributed by atoms with van der Waals surface area (Å²) in [5.41, 5.74) is -0.147. The number of piperidine rings is 2. The smallest absolute Gasteiger partial charge is 0.383 e. The normalized spacial score (nSPS) is 26.9. The summed E-state index contributed by atoms with van der Waals surface area (Å²) in [5.74, 6) is -1.14.